The molecule has 32 nitrogen and oxygen atoms in total. The summed E-state index contributed by atoms with van der Waals surface area (Å²) in [6.45, 7) is 60.2. The standard InChI is InChI=1S/C22H38N4O3S.C18H30N4O2.C18H27N3O3.C16H23N3O3.C9H18N2O2.C7H7NO2/c1-17-8-9-18(23-16-17)19(24-30(28)22(5,6)7)10-11-25-12-14-26(15-13-25)20(27)29-21(2,3)4;1-14-5-6-16(20-13-14)15(19)7-8-21-9-11-22(12-10-21)17(23)24-18(2,3)4;1-14-5-6-15(19-13-14)16(22)7-8-20-9-11-21(12-10-20)17(23)24-18(2,3)4;1-12-5-6-13(17-11-12)14(20)18-7-9-19(10-8-18)15(21)22-16(2,3)4;1-9(2,3)13-8(12)11-6-4-10-5-7-11;1-5-2-3-6(7(9)10)8-4-5/h8-9,16,19,24H,10-15H2,1-7H3;5-6,13,15H,7-12,19H2,1-4H3;5-6,13H,7-12H2,1-4H3;5-6,11H,7-10H2,1-4H3;10H,4-7H2,1-3H3;2-4H,1H3,(H,9,10)/t19?,30-;;;;;/m1...../s1. The van der Waals surface area contributed by atoms with E-state index in [0.717, 1.165) is 131 Å². The van der Waals surface area contributed by atoms with Gasteiger partial charge < -0.3 is 69.2 Å². The lowest BCUT2D eigenvalue weighted by molar-refractivity contribution is 0.0134. The molecule has 0 bridgehead atoms. The Balaban J connectivity index is 0.000000269. The molecule has 2 unspecified atom stereocenters. The number of hydrogen-bond acceptors (Lipinski definition) is 24. The molecule has 5 saturated heterocycles. The molecule has 0 radical (unpaired) electrons. The molecule has 0 aromatic carbocycles. The molecule has 0 aliphatic carbocycles. The monoisotopic (exact) mass is 1730 g/mol. The number of amides is 6. The fourth-order valence-electron chi connectivity index (χ4n) is 12.1. The van der Waals surface area contributed by atoms with Gasteiger partial charge in [-0.05, 0) is 230 Å². The first kappa shape index (κ1) is 104. The number of carbonyl (C=O) groups is 8. The number of piperazine rings is 5. The maximum Gasteiger partial charge on any atom is 0.410 e. The highest BCUT2D eigenvalue weighted by atomic mass is 32.2. The zero-order valence-corrected chi connectivity index (χ0v) is 78.4. The van der Waals surface area contributed by atoms with Gasteiger partial charge in [0, 0.05) is 194 Å². The number of carbonyl (C=O) groups excluding carboxylic acids is 7. The van der Waals surface area contributed by atoms with Gasteiger partial charge in [-0.25, -0.2) is 42.7 Å². The van der Waals surface area contributed by atoms with Gasteiger partial charge in [0.1, 0.15) is 45.1 Å². The number of nitrogens with one attached hydrogen (secondary N) is 2. The Morgan fingerprint density at radius 2 is 0.683 bits per heavy atom. The van der Waals surface area contributed by atoms with Crippen LogP contribution in [0.25, 0.3) is 0 Å². The summed E-state index contributed by atoms with van der Waals surface area (Å²) < 4.78 is 42.5. The molecule has 0 spiro atoms. The molecule has 5 N–H and O–H groups in total. The second-order valence-electron chi connectivity index (χ2n) is 37.3. The topological polar surface area (TPSA) is 364 Å². The number of carboxylic acid groups (broad SMARTS) is 1. The van der Waals surface area contributed by atoms with Gasteiger partial charge in [-0.3, -0.25) is 44.2 Å². The van der Waals surface area contributed by atoms with E-state index in [2.05, 4.69) is 49.7 Å². The van der Waals surface area contributed by atoms with Gasteiger partial charge in [0.15, 0.2) is 5.78 Å². The summed E-state index contributed by atoms with van der Waals surface area (Å²) in [6, 6.07) is 18.4. The molecule has 5 fully saturated rings. The van der Waals surface area contributed by atoms with E-state index in [1.54, 1.807) is 60.0 Å². The molecule has 5 aromatic rings. The number of rotatable bonds is 16. The Labute approximate surface area is 733 Å². The summed E-state index contributed by atoms with van der Waals surface area (Å²) in [5, 5.41) is 11.6. The Morgan fingerprint density at radius 3 is 1.00 bits per heavy atom. The van der Waals surface area contributed by atoms with Crippen LogP contribution in [0.15, 0.2) is 91.6 Å². The maximum absolute atomic E-state index is 12.7. The number of aryl methyl sites for hydroxylation is 5. The van der Waals surface area contributed by atoms with E-state index >= 15 is 0 Å². The van der Waals surface area contributed by atoms with Crippen LogP contribution in [-0.4, -0.2) is 310 Å². The van der Waals surface area contributed by atoms with E-state index in [0.29, 0.717) is 89.8 Å². The third-order valence-corrected chi connectivity index (χ3v) is 20.7. The van der Waals surface area contributed by atoms with E-state index in [1.165, 1.54) is 12.3 Å². The number of carboxylic acids is 1. The van der Waals surface area contributed by atoms with Crippen LogP contribution in [0.2, 0.25) is 0 Å². The van der Waals surface area contributed by atoms with Gasteiger partial charge in [-0.2, -0.15) is 0 Å². The molecule has 5 aromatic heterocycles. The lowest BCUT2D eigenvalue weighted by atomic mass is 10.1. The van der Waals surface area contributed by atoms with E-state index in [1.807, 2.05) is 208 Å². The first-order valence-corrected chi connectivity index (χ1v) is 43.8. The van der Waals surface area contributed by atoms with Crippen molar-refractivity contribution < 1.29 is 71.4 Å². The minimum Gasteiger partial charge on any atom is -0.477 e. The molecule has 5 aliphatic heterocycles. The van der Waals surface area contributed by atoms with Crippen molar-refractivity contribution >= 4 is 59.1 Å². The van der Waals surface area contributed by atoms with E-state index in [-0.39, 0.29) is 70.3 Å². The summed E-state index contributed by atoms with van der Waals surface area (Å²) in [4.78, 5) is 133. The number of ether oxygens (including phenoxy) is 5. The smallest absolute Gasteiger partial charge is 0.410 e. The molecule has 123 heavy (non-hydrogen) atoms. The van der Waals surface area contributed by atoms with Gasteiger partial charge in [-0.15, -0.1) is 0 Å². The van der Waals surface area contributed by atoms with Gasteiger partial charge in [0.05, 0.1) is 33.2 Å². The lowest BCUT2D eigenvalue weighted by Gasteiger charge is -2.36. The van der Waals surface area contributed by atoms with Crippen molar-refractivity contribution in [3.8, 4) is 0 Å². The highest BCUT2D eigenvalue weighted by Gasteiger charge is 2.33. The van der Waals surface area contributed by atoms with E-state index in [9.17, 15) is 42.6 Å². The molecule has 10 rings (SSSR count). The number of hydrogen-bond donors (Lipinski definition) is 4. The average Bonchev–Trinajstić information content (AvgIpc) is 0.837. The SMILES string of the molecule is CC(C)(C)OC(=O)N1CCNCC1.Cc1ccc(C(=O)CCN2CCN(C(=O)OC(C)(C)C)CC2)nc1.Cc1ccc(C(=O)N2CCN(C(=O)OC(C)(C)C)CC2)nc1.Cc1ccc(C(=O)O)nc1.Cc1ccc(C(CCN2CCN(C(=O)OC(C)(C)C)CC2)N[S@](=O)C(C)(C)C)nc1.Cc1ccc(C(N)CCN2CCN(C(=O)OC(C)(C)C)CC2)nc1. The molecule has 5 aliphatic rings. The number of Topliss-reactive ketones (excluding diaryl/α,β-unsaturated/α-hetero) is 1. The quantitative estimate of drug-likeness (QED) is 0.0526. The van der Waals surface area contributed by atoms with Gasteiger partial charge in [0.2, 0.25) is 0 Å². The minimum absolute atomic E-state index is 0.0468. The first-order chi connectivity index (χ1) is 57.3. The lowest BCUT2D eigenvalue weighted by Crippen LogP contribution is -2.51. The maximum atomic E-state index is 12.7. The van der Waals surface area contributed by atoms with Crippen LogP contribution < -0.4 is 15.8 Å². The van der Waals surface area contributed by atoms with Crippen LogP contribution in [0.4, 0.5) is 24.0 Å². The summed E-state index contributed by atoms with van der Waals surface area (Å²) in [5.41, 5.74) is 12.1. The Morgan fingerprint density at radius 1 is 0.390 bits per heavy atom. The van der Waals surface area contributed by atoms with Crippen molar-refractivity contribution in [3.63, 3.8) is 0 Å². The Hall–Kier alpha value is -9.38. The van der Waals surface area contributed by atoms with E-state index in [4.69, 9.17) is 34.5 Å². The van der Waals surface area contributed by atoms with Crippen LogP contribution in [0, 0.1) is 34.6 Å². The number of nitrogens with two attached hydrogens (primary N) is 1. The zero-order valence-electron chi connectivity index (χ0n) is 77.6. The zero-order chi connectivity index (χ0) is 91.8. The second kappa shape index (κ2) is 48.8. The molecular formula is C90H143N17O15S. The van der Waals surface area contributed by atoms with Gasteiger partial charge in [-0.1, -0.05) is 30.3 Å². The van der Waals surface area contributed by atoms with Crippen molar-refractivity contribution in [2.24, 2.45) is 5.73 Å². The third kappa shape index (κ3) is 41.3. The van der Waals surface area contributed by atoms with Crippen LogP contribution >= 0.6 is 0 Å². The normalized spacial score (nSPS) is 16.5. The predicted octanol–water partition coefficient (Wildman–Crippen LogP) is 12.3. The number of aromatic carboxylic acids is 1. The van der Waals surface area contributed by atoms with Crippen LogP contribution in [0.3, 0.4) is 0 Å². The summed E-state index contributed by atoms with van der Waals surface area (Å²) in [5.74, 6) is -1.02. The molecule has 3 atom stereocenters. The summed E-state index contributed by atoms with van der Waals surface area (Å²) in [7, 11) is -1.18. The molecule has 0 saturated carbocycles. The predicted molar refractivity (Wildman–Crippen MR) is 478 cm³/mol. The van der Waals surface area contributed by atoms with Crippen molar-refractivity contribution in [2.75, 3.05) is 151 Å². The van der Waals surface area contributed by atoms with Crippen LogP contribution in [0.1, 0.15) is 227 Å². The van der Waals surface area contributed by atoms with Crippen molar-refractivity contribution in [2.45, 2.75) is 223 Å². The fraction of sp³-hybridized carbons (Fsp3) is 0.633. The van der Waals surface area contributed by atoms with Crippen molar-refractivity contribution in [1.29, 1.82) is 0 Å². The summed E-state index contributed by atoms with van der Waals surface area (Å²) >= 11 is 0. The van der Waals surface area contributed by atoms with Crippen molar-refractivity contribution in [3.05, 3.63) is 148 Å². The molecule has 6 amide bonds. The third-order valence-electron chi connectivity index (χ3n) is 19.1. The van der Waals surface area contributed by atoms with Crippen LogP contribution in [0.5, 0.6) is 0 Å². The number of pyridine rings is 5. The number of aromatic nitrogens is 5. The summed E-state index contributed by atoms with van der Waals surface area (Å²) in [6.07, 6.45) is 9.49. The number of nitrogens with zero attached hydrogens (tertiary/aromatic N) is 14. The molecule has 33 heteroatoms. The average molecular weight is 1740 g/mol. The highest BCUT2D eigenvalue weighted by Crippen LogP contribution is 2.24. The molecule has 10 heterocycles. The van der Waals surface area contributed by atoms with Gasteiger partial charge in [0.25, 0.3) is 5.91 Å². The highest BCUT2D eigenvalue weighted by molar-refractivity contribution is 7.84. The number of ketones is 1. The van der Waals surface area contributed by atoms with Crippen LogP contribution in [-0.2, 0) is 34.7 Å². The van der Waals surface area contributed by atoms with Gasteiger partial charge >= 0.3 is 36.4 Å². The van der Waals surface area contributed by atoms with E-state index < -0.39 is 39.4 Å². The molecule has 684 valence electrons. The fourth-order valence-corrected chi connectivity index (χ4v) is 13.0. The Bertz CT molecular complexity index is 4110. The van der Waals surface area contributed by atoms with Crippen molar-refractivity contribution in [1.82, 2.24) is 79.1 Å². The Kier molecular flexibility index (Phi) is 41.3. The largest absolute Gasteiger partial charge is 0.477 e. The second-order valence-corrected chi connectivity index (χ2v) is 39.3. The molecular weight excluding hydrogens is 1590 g/mol. The minimum atomic E-state index is -1.18. The first-order valence-electron chi connectivity index (χ1n) is 42.7.